The zero-order valence-electron chi connectivity index (χ0n) is 17.6. The third-order valence-electron chi connectivity index (χ3n) is 5.71. The maximum absolute atomic E-state index is 5.51. The molecule has 1 aliphatic rings. The third-order valence-corrected chi connectivity index (χ3v) is 5.71. The van der Waals surface area contributed by atoms with E-state index in [-0.39, 0.29) is 0 Å². The number of rotatable bonds is 4. The molecule has 0 amide bonds. The Morgan fingerprint density at radius 2 is 1.73 bits per heavy atom. The first kappa shape index (κ1) is 18.5. The Hall–Kier alpha value is -3.54. The Bertz CT molecular complexity index is 1260. The number of methoxy groups -OCH3 is 2. The van der Waals surface area contributed by atoms with Crippen LogP contribution >= 0.6 is 0 Å². The molecule has 0 unspecified atom stereocenters. The summed E-state index contributed by atoms with van der Waals surface area (Å²) in [6.07, 6.45) is 1.03. The van der Waals surface area contributed by atoms with E-state index in [0.717, 1.165) is 46.9 Å². The molecule has 0 saturated carbocycles. The second-order valence-electron chi connectivity index (χ2n) is 7.55. The molecule has 0 radical (unpaired) electrons. The van der Waals surface area contributed by atoms with Crippen molar-refractivity contribution < 1.29 is 9.47 Å². The van der Waals surface area contributed by atoms with E-state index in [1.54, 1.807) is 14.2 Å². The van der Waals surface area contributed by atoms with Gasteiger partial charge in [0.25, 0.3) is 0 Å². The standard InChI is InChI=1S/C24H24N4O2/c1-15-13-22(27-12-11-17-7-5-6-8-19(17)27)28-24(25-15)23(16(2)26-28)18-9-10-20(29-3)21(14-18)30-4/h5-10,13-14H,11-12H2,1-4H3. The van der Waals surface area contributed by atoms with Crippen LogP contribution in [0.15, 0.2) is 48.5 Å². The first-order valence-electron chi connectivity index (χ1n) is 10.1. The largest absolute Gasteiger partial charge is 0.493 e. The van der Waals surface area contributed by atoms with Gasteiger partial charge in [-0.2, -0.15) is 9.61 Å². The van der Waals surface area contributed by atoms with Crippen LogP contribution in [-0.4, -0.2) is 35.4 Å². The maximum atomic E-state index is 5.51. The van der Waals surface area contributed by atoms with Crippen LogP contribution in [0.3, 0.4) is 0 Å². The predicted molar refractivity (Wildman–Crippen MR) is 118 cm³/mol. The normalized spacial score (nSPS) is 13.0. The lowest BCUT2D eigenvalue weighted by atomic mass is 10.1. The second kappa shape index (κ2) is 7.06. The molecule has 4 aromatic rings. The molecule has 30 heavy (non-hydrogen) atoms. The van der Waals surface area contributed by atoms with Crippen molar-refractivity contribution in [3.05, 3.63) is 65.5 Å². The fraction of sp³-hybridized carbons (Fsp3) is 0.250. The van der Waals surface area contributed by atoms with Gasteiger partial charge in [0.05, 0.1) is 19.9 Å². The first-order valence-corrected chi connectivity index (χ1v) is 10.1. The van der Waals surface area contributed by atoms with E-state index in [1.807, 2.05) is 36.6 Å². The molecule has 0 spiro atoms. The van der Waals surface area contributed by atoms with E-state index in [1.165, 1.54) is 11.3 Å². The summed E-state index contributed by atoms with van der Waals surface area (Å²) >= 11 is 0. The number of nitrogens with zero attached hydrogens (tertiary/aromatic N) is 4. The molecule has 0 bridgehead atoms. The van der Waals surface area contributed by atoms with Crippen molar-refractivity contribution in [3.8, 4) is 22.6 Å². The highest BCUT2D eigenvalue weighted by Gasteiger charge is 2.25. The molecule has 0 saturated heterocycles. The molecular formula is C24H24N4O2. The Kier molecular flexibility index (Phi) is 4.35. The molecule has 152 valence electrons. The van der Waals surface area contributed by atoms with Gasteiger partial charge in [0, 0.05) is 29.6 Å². The molecule has 1 aliphatic heterocycles. The van der Waals surface area contributed by atoms with E-state index >= 15 is 0 Å². The van der Waals surface area contributed by atoms with Crippen LogP contribution in [0.1, 0.15) is 17.0 Å². The summed E-state index contributed by atoms with van der Waals surface area (Å²) in [5, 5.41) is 4.89. The zero-order valence-corrected chi connectivity index (χ0v) is 17.6. The smallest absolute Gasteiger partial charge is 0.165 e. The van der Waals surface area contributed by atoms with Crippen molar-refractivity contribution in [1.82, 2.24) is 14.6 Å². The molecule has 2 aromatic heterocycles. The fourth-order valence-corrected chi connectivity index (χ4v) is 4.32. The van der Waals surface area contributed by atoms with Gasteiger partial charge in [-0.3, -0.25) is 0 Å². The monoisotopic (exact) mass is 400 g/mol. The molecule has 0 atom stereocenters. The second-order valence-corrected chi connectivity index (χ2v) is 7.55. The van der Waals surface area contributed by atoms with Gasteiger partial charge in [-0.05, 0) is 49.6 Å². The minimum absolute atomic E-state index is 0.690. The highest BCUT2D eigenvalue weighted by molar-refractivity contribution is 5.83. The Morgan fingerprint density at radius 1 is 0.933 bits per heavy atom. The highest BCUT2D eigenvalue weighted by atomic mass is 16.5. The number of anilines is 2. The molecule has 0 N–H and O–H groups in total. The number of hydrogen-bond acceptors (Lipinski definition) is 5. The lowest BCUT2D eigenvalue weighted by Gasteiger charge is -2.20. The molecule has 5 rings (SSSR count). The van der Waals surface area contributed by atoms with Gasteiger partial charge in [0.15, 0.2) is 17.1 Å². The van der Waals surface area contributed by atoms with Gasteiger partial charge in [-0.1, -0.05) is 24.3 Å². The quantitative estimate of drug-likeness (QED) is 0.496. The van der Waals surface area contributed by atoms with E-state index in [0.29, 0.717) is 11.5 Å². The van der Waals surface area contributed by atoms with Crippen LogP contribution in [0.25, 0.3) is 16.8 Å². The molecule has 2 aromatic carbocycles. The molecular weight excluding hydrogens is 376 g/mol. The van der Waals surface area contributed by atoms with Crippen molar-refractivity contribution >= 4 is 17.2 Å². The van der Waals surface area contributed by atoms with Crippen LogP contribution in [0.2, 0.25) is 0 Å². The molecule has 3 heterocycles. The van der Waals surface area contributed by atoms with E-state index in [4.69, 9.17) is 19.6 Å². The van der Waals surface area contributed by atoms with Crippen molar-refractivity contribution in [2.75, 3.05) is 25.7 Å². The lowest BCUT2D eigenvalue weighted by molar-refractivity contribution is 0.355. The fourth-order valence-electron chi connectivity index (χ4n) is 4.32. The third kappa shape index (κ3) is 2.79. The summed E-state index contributed by atoms with van der Waals surface area (Å²) in [5.41, 5.74) is 7.35. The number of benzene rings is 2. The van der Waals surface area contributed by atoms with Crippen molar-refractivity contribution in [3.63, 3.8) is 0 Å². The van der Waals surface area contributed by atoms with Crippen molar-refractivity contribution in [2.45, 2.75) is 20.3 Å². The molecule has 6 nitrogen and oxygen atoms in total. The Labute approximate surface area is 175 Å². The van der Waals surface area contributed by atoms with Gasteiger partial charge in [-0.25, -0.2) is 4.98 Å². The topological polar surface area (TPSA) is 51.9 Å². The number of fused-ring (bicyclic) bond motifs is 2. The van der Waals surface area contributed by atoms with Crippen molar-refractivity contribution in [1.29, 1.82) is 0 Å². The van der Waals surface area contributed by atoms with Crippen LogP contribution in [0.4, 0.5) is 11.5 Å². The van der Waals surface area contributed by atoms with E-state index < -0.39 is 0 Å². The van der Waals surface area contributed by atoms with Crippen LogP contribution in [0, 0.1) is 13.8 Å². The summed E-state index contributed by atoms with van der Waals surface area (Å²) in [6, 6.07) is 16.6. The minimum Gasteiger partial charge on any atom is -0.493 e. The molecule has 6 heteroatoms. The van der Waals surface area contributed by atoms with Gasteiger partial charge < -0.3 is 14.4 Å². The summed E-state index contributed by atoms with van der Waals surface area (Å²) in [7, 11) is 3.29. The Balaban J connectivity index is 1.71. The van der Waals surface area contributed by atoms with Crippen LogP contribution < -0.4 is 14.4 Å². The number of ether oxygens (including phenoxy) is 2. The van der Waals surface area contributed by atoms with Crippen LogP contribution in [0.5, 0.6) is 11.5 Å². The average Bonchev–Trinajstić information content (AvgIpc) is 3.33. The number of aryl methyl sites for hydroxylation is 2. The van der Waals surface area contributed by atoms with Gasteiger partial charge in [0.1, 0.15) is 5.82 Å². The van der Waals surface area contributed by atoms with E-state index in [2.05, 4.69) is 35.2 Å². The van der Waals surface area contributed by atoms with Gasteiger partial charge in [0.2, 0.25) is 0 Å². The zero-order chi connectivity index (χ0) is 20.8. The van der Waals surface area contributed by atoms with Gasteiger partial charge >= 0.3 is 0 Å². The lowest BCUT2D eigenvalue weighted by Crippen LogP contribution is -2.18. The number of aromatic nitrogens is 3. The SMILES string of the molecule is COc1ccc(-c2c(C)nn3c(N4CCc5ccccc54)cc(C)nc23)cc1OC. The minimum atomic E-state index is 0.690. The molecule has 0 fully saturated rings. The number of para-hydroxylation sites is 1. The number of hydrogen-bond donors (Lipinski definition) is 0. The van der Waals surface area contributed by atoms with Gasteiger partial charge in [-0.15, -0.1) is 0 Å². The molecule has 0 aliphatic carbocycles. The first-order chi connectivity index (χ1) is 14.6. The van der Waals surface area contributed by atoms with E-state index in [9.17, 15) is 0 Å². The summed E-state index contributed by atoms with van der Waals surface area (Å²) in [4.78, 5) is 7.20. The predicted octanol–water partition coefficient (Wildman–Crippen LogP) is 4.72. The highest BCUT2D eigenvalue weighted by Crippen LogP contribution is 2.38. The Morgan fingerprint density at radius 3 is 2.53 bits per heavy atom. The average molecular weight is 400 g/mol. The summed E-state index contributed by atoms with van der Waals surface area (Å²) < 4.78 is 12.9. The van der Waals surface area contributed by atoms with Crippen LogP contribution in [-0.2, 0) is 6.42 Å². The summed E-state index contributed by atoms with van der Waals surface area (Å²) in [6.45, 7) is 4.99. The maximum Gasteiger partial charge on any atom is 0.165 e. The van der Waals surface area contributed by atoms with Crippen molar-refractivity contribution in [2.24, 2.45) is 0 Å². The summed E-state index contributed by atoms with van der Waals surface area (Å²) in [5.74, 6) is 2.43.